The fourth-order valence-corrected chi connectivity index (χ4v) is 2.96. The summed E-state index contributed by atoms with van der Waals surface area (Å²) in [5.74, 6) is -0.497. The van der Waals surface area contributed by atoms with Crippen molar-refractivity contribution in [3.8, 4) is 5.75 Å². The maximum Gasteiger partial charge on any atom is 0.408 e. The third-order valence-electron chi connectivity index (χ3n) is 4.87. The largest absolute Gasteiger partial charge is 0.494 e. The molecule has 0 radical (unpaired) electrons. The number of methoxy groups -OCH3 is 1. The van der Waals surface area contributed by atoms with Gasteiger partial charge in [-0.3, -0.25) is 4.79 Å². The predicted molar refractivity (Wildman–Crippen MR) is 133 cm³/mol. The molecule has 1 rings (SSSR count). The minimum Gasteiger partial charge on any atom is -0.494 e. The number of benzene rings is 1. The van der Waals surface area contributed by atoms with Crippen LogP contribution in [0.4, 0.5) is 10.5 Å². The molecule has 2 amide bonds. The summed E-state index contributed by atoms with van der Waals surface area (Å²) in [6.07, 6.45) is 8.70. The second-order valence-corrected chi connectivity index (χ2v) is 9.28. The Labute approximate surface area is 203 Å². The highest BCUT2D eigenvalue weighted by Gasteiger charge is 2.34. The molecule has 0 aliphatic carbocycles. The van der Waals surface area contributed by atoms with E-state index >= 15 is 0 Å². The third-order valence-corrected chi connectivity index (χ3v) is 4.87. The molecule has 1 aromatic rings. The Morgan fingerprint density at radius 2 is 1.56 bits per heavy atom. The fourth-order valence-electron chi connectivity index (χ4n) is 2.96. The molecule has 0 saturated heterocycles. The topological polar surface area (TPSA) is 103 Å². The number of hydrogen-bond acceptors (Lipinski definition) is 6. The number of alkyl carbamates (subject to hydrolysis) is 1. The lowest BCUT2D eigenvalue weighted by Gasteiger charge is -2.28. The van der Waals surface area contributed by atoms with E-state index in [1.54, 1.807) is 45.0 Å². The van der Waals surface area contributed by atoms with Crippen LogP contribution in [-0.4, -0.2) is 42.8 Å². The van der Waals surface area contributed by atoms with Gasteiger partial charge in [0.2, 0.25) is 0 Å². The lowest BCUT2D eigenvalue weighted by molar-refractivity contribution is -0.134. The lowest BCUT2D eigenvalue weighted by atomic mass is 10.0. The zero-order chi connectivity index (χ0) is 25.6. The average Bonchev–Trinajstić information content (AvgIpc) is 2.76. The Morgan fingerprint density at radius 3 is 2.15 bits per heavy atom. The first-order chi connectivity index (χ1) is 16.0. The molecule has 0 saturated carbocycles. The molecule has 0 heterocycles. The summed E-state index contributed by atoms with van der Waals surface area (Å²) in [5, 5.41) is 5.27. The van der Waals surface area contributed by atoms with E-state index in [0.29, 0.717) is 18.0 Å². The first-order valence-electron chi connectivity index (χ1n) is 11.8. The van der Waals surface area contributed by atoms with Crippen LogP contribution in [-0.2, 0) is 19.1 Å². The number of unbranched alkanes of at least 4 members (excludes halogenated alkanes) is 5. The van der Waals surface area contributed by atoms with Crippen molar-refractivity contribution in [1.29, 1.82) is 0 Å². The van der Waals surface area contributed by atoms with Crippen LogP contribution >= 0.6 is 0 Å². The van der Waals surface area contributed by atoms with Crippen molar-refractivity contribution in [2.75, 3.05) is 19.0 Å². The number of rotatable bonds is 13. The average molecular weight is 477 g/mol. The van der Waals surface area contributed by atoms with Gasteiger partial charge in [-0.15, -0.1) is 0 Å². The smallest absolute Gasteiger partial charge is 0.408 e. The van der Waals surface area contributed by atoms with Gasteiger partial charge < -0.3 is 24.8 Å². The molecule has 0 unspecified atom stereocenters. The number of amides is 2. The van der Waals surface area contributed by atoms with Crippen LogP contribution in [0.15, 0.2) is 36.4 Å². The van der Waals surface area contributed by atoms with E-state index < -0.39 is 29.1 Å². The number of carbonyl (C=O) groups excluding carboxylic acids is 3. The van der Waals surface area contributed by atoms with Crippen LogP contribution in [0.2, 0.25) is 0 Å². The SMILES string of the molecule is CCCCCCCCOc1ccc(NC(=O)[C@](C)(C=CC(=O)OC)NC(=O)OC(C)(C)C)cc1. The van der Waals surface area contributed by atoms with Gasteiger partial charge in [0, 0.05) is 11.8 Å². The Morgan fingerprint density at radius 1 is 0.941 bits per heavy atom. The van der Waals surface area contributed by atoms with Gasteiger partial charge in [-0.1, -0.05) is 39.0 Å². The maximum atomic E-state index is 13.0. The molecule has 0 fully saturated rings. The summed E-state index contributed by atoms with van der Waals surface area (Å²) >= 11 is 0. The molecule has 0 spiro atoms. The van der Waals surface area contributed by atoms with Crippen LogP contribution in [0.1, 0.15) is 73.1 Å². The summed E-state index contributed by atoms with van der Waals surface area (Å²) in [6, 6.07) is 6.98. The van der Waals surface area contributed by atoms with Crippen molar-refractivity contribution in [3.05, 3.63) is 36.4 Å². The standard InChI is InChI=1S/C26H40N2O6/c1-7-8-9-10-11-12-19-33-21-15-13-20(14-16-21)27-23(30)26(5,18-17-22(29)32-6)28-24(31)34-25(2,3)4/h13-18H,7-12,19H2,1-6H3,(H,27,30)(H,28,31)/t26-/m0/s1. The Balaban J connectivity index is 2.75. The van der Waals surface area contributed by atoms with Gasteiger partial charge in [0.15, 0.2) is 0 Å². The van der Waals surface area contributed by atoms with Crippen molar-refractivity contribution in [2.24, 2.45) is 0 Å². The molecule has 0 aromatic heterocycles. The predicted octanol–water partition coefficient (Wildman–Crippen LogP) is 5.38. The van der Waals surface area contributed by atoms with E-state index in [1.807, 2.05) is 0 Å². The molecule has 34 heavy (non-hydrogen) atoms. The van der Waals surface area contributed by atoms with Crippen molar-refractivity contribution < 1.29 is 28.6 Å². The quantitative estimate of drug-likeness (QED) is 0.225. The van der Waals surface area contributed by atoms with Crippen LogP contribution in [0, 0.1) is 0 Å². The second-order valence-electron chi connectivity index (χ2n) is 9.28. The molecule has 190 valence electrons. The number of anilines is 1. The minimum absolute atomic E-state index is 0.514. The van der Waals surface area contributed by atoms with Gasteiger partial charge in [-0.25, -0.2) is 9.59 Å². The summed E-state index contributed by atoms with van der Waals surface area (Å²) in [7, 11) is 1.22. The molecule has 1 atom stereocenters. The Kier molecular flexibility index (Phi) is 12.2. The minimum atomic E-state index is -1.57. The lowest BCUT2D eigenvalue weighted by Crippen LogP contribution is -2.54. The van der Waals surface area contributed by atoms with Crippen LogP contribution < -0.4 is 15.4 Å². The highest BCUT2D eigenvalue weighted by atomic mass is 16.6. The van der Waals surface area contributed by atoms with E-state index in [-0.39, 0.29) is 0 Å². The number of nitrogens with one attached hydrogen (secondary N) is 2. The van der Waals surface area contributed by atoms with Gasteiger partial charge in [0.1, 0.15) is 16.9 Å². The third kappa shape index (κ3) is 11.7. The van der Waals surface area contributed by atoms with Crippen molar-refractivity contribution in [1.82, 2.24) is 5.32 Å². The molecule has 2 N–H and O–H groups in total. The molecular weight excluding hydrogens is 436 g/mol. The van der Waals surface area contributed by atoms with Crippen molar-refractivity contribution in [3.63, 3.8) is 0 Å². The monoisotopic (exact) mass is 476 g/mol. The zero-order valence-corrected chi connectivity index (χ0v) is 21.4. The molecule has 8 nitrogen and oxygen atoms in total. The first-order valence-corrected chi connectivity index (χ1v) is 11.8. The van der Waals surface area contributed by atoms with Crippen LogP contribution in [0.5, 0.6) is 5.75 Å². The van der Waals surface area contributed by atoms with Crippen molar-refractivity contribution >= 4 is 23.7 Å². The number of esters is 1. The van der Waals surface area contributed by atoms with Gasteiger partial charge in [0.05, 0.1) is 13.7 Å². The summed E-state index contributed by atoms with van der Waals surface area (Å²) in [6.45, 7) is 9.45. The molecular formula is C26H40N2O6. The molecule has 8 heteroatoms. The molecule has 0 aliphatic heterocycles. The second kappa shape index (κ2) is 14.3. The highest BCUT2D eigenvalue weighted by Crippen LogP contribution is 2.19. The molecule has 0 aliphatic rings. The summed E-state index contributed by atoms with van der Waals surface area (Å²) < 4.78 is 15.6. The van der Waals surface area contributed by atoms with Crippen molar-refractivity contribution in [2.45, 2.75) is 84.3 Å². The Hall–Kier alpha value is -3.03. The molecule has 0 bridgehead atoms. The Bertz CT molecular complexity index is 814. The zero-order valence-electron chi connectivity index (χ0n) is 21.4. The normalized spacial score (nSPS) is 13.1. The summed E-state index contributed by atoms with van der Waals surface area (Å²) in [5.41, 5.74) is -1.80. The fraction of sp³-hybridized carbons (Fsp3) is 0.577. The maximum absolute atomic E-state index is 13.0. The highest BCUT2D eigenvalue weighted by molar-refractivity contribution is 6.02. The van der Waals surface area contributed by atoms with E-state index in [9.17, 15) is 14.4 Å². The van der Waals surface area contributed by atoms with Crippen LogP contribution in [0.25, 0.3) is 0 Å². The van der Waals surface area contributed by atoms with E-state index in [1.165, 1.54) is 45.8 Å². The van der Waals surface area contributed by atoms with E-state index in [4.69, 9.17) is 9.47 Å². The van der Waals surface area contributed by atoms with Gasteiger partial charge in [-0.2, -0.15) is 0 Å². The summed E-state index contributed by atoms with van der Waals surface area (Å²) in [4.78, 5) is 36.9. The number of carbonyl (C=O) groups is 3. The van der Waals surface area contributed by atoms with Gasteiger partial charge >= 0.3 is 12.1 Å². The van der Waals surface area contributed by atoms with Gasteiger partial charge in [-0.05, 0) is 64.5 Å². The molecule has 1 aromatic carbocycles. The van der Waals surface area contributed by atoms with Crippen LogP contribution in [0.3, 0.4) is 0 Å². The van der Waals surface area contributed by atoms with Gasteiger partial charge in [0.25, 0.3) is 5.91 Å². The van der Waals surface area contributed by atoms with E-state index in [0.717, 1.165) is 18.9 Å². The first kappa shape index (κ1) is 29.0. The van der Waals surface area contributed by atoms with E-state index in [2.05, 4.69) is 22.3 Å². The number of hydrogen-bond donors (Lipinski definition) is 2. The number of ether oxygens (including phenoxy) is 3.